The summed E-state index contributed by atoms with van der Waals surface area (Å²) in [5.41, 5.74) is 1.84. The number of aryl methyl sites for hydroxylation is 2. The quantitative estimate of drug-likeness (QED) is 0.871. The Balaban J connectivity index is 1.53. The van der Waals surface area contributed by atoms with Crippen molar-refractivity contribution in [3.05, 3.63) is 29.3 Å². The monoisotopic (exact) mass is 360 g/mol. The SMILES string of the molecule is Cc1ccc(OCCN2CCC3(CC2)C(C(=O)O)CC(=O)N3C)c(C)c1. The van der Waals surface area contributed by atoms with Gasteiger partial charge in [0.1, 0.15) is 12.4 Å². The van der Waals surface area contributed by atoms with E-state index in [4.69, 9.17) is 4.74 Å². The van der Waals surface area contributed by atoms with E-state index in [1.165, 1.54) is 5.56 Å². The molecule has 2 fully saturated rings. The van der Waals surface area contributed by atoms with Gasteiger partial charge in [0.2, 0.25) is 5.91 Å². The van der Waals surface area contributed by atoms with Gasteiger partial charge in [-0.25, -0.2) is 0 Å². The maximum atomic E-state index is 12.1. The molecule has 142 valence electrons. The Morgan fingerprint density at radius 3 is 2.62 bits per heavy atom. The maximum absolute atomic E-state index is 12.1. The number of hydrogen-bond acceptors (Lipinski definition) is 4. The number of likely N-dealkylation sites (tertiary alicyclic amines) is 2. The summed E-state index contributed by atoms with van der Waals surface area (Å²) >= 11 is 0. The summed E-state index contributed by atoms with van der Waals surface area (Å²) in [7, 11) is 1.75. The Morgan fingerprint density at radius 2 is 2.00 bits per heavy atom. The van der Waals surface area contributed by atoms with Gasteiger partial charge in [0.05, 0.1) is 11.5 Å². The highest BCUT2D eigenvalue weighted by atomic mass is 16.5. The summed E-state index contributed by atoms with van der Waals surface area (Å²) in [5.74, 6) is -0.580. The fourth-order valence-electron chi connectivity index (χ4n) is 4.39. The van der Waals surface area contributed by atoms with Gasteiger partial charge in [0.15, 0.2) is 0 Å². The first-order valence-electron chi connectivity index (χ1n) is 9.25. The van der Waals surface area contributed by atoms with Gasteiger partial charge in [-0.15, -0.1) is 0 Å². The number of piperidine rings is 1. The smallest absolute Gasteiger partial charge is 0.309 e. The van der Waals surface area contributed by atoms with Gasteiger partial charge in [-0.2, -0.15) is 0 Å². The molecule has 1 spiro atoms. The Labute approximate surface area is 154 Å². The highest BCUT2D eigenvalue weighted by molar-refractivity contribution is 5.88. The molecule has 0 radical (unpaired) electrons. The molecule has 0 aromatic heterocycles. The van der Waals surface area contributed by atoms with Crippen molar-refractivity contribution in [1.29, 1.82) is 0 Å². The van der Waals surface area contributed by atoms with Crippen molar-refractivity contribution in [3.8, 4) is 5.75 Å². The fourth-order valence-corrected chi connectivity index (χ4v) is 4.39. The molecule has 0 bridgehead atoms. The summed E-state index contributed by atoms with van der Waals surface area (Å²) in [6.07, 6.45) is 1.53. The molecule has 2 heterocycles. The number of aliphatic carboxylic acids is 1. The standard InChI is InChI=1S/C20H28N2O4/c1-14-4-5-17(15(2)12-14)26-11-10-22-8-6-20(7-9-22)16(19(24)25)13-18(23)21(20)3/h4-5,12,16H,6-11,13H2,1-3H3,(H,24,25). The minimum atomic E-state index is -0.852. The molecule has 2 aliphatic heterocycles. The topological polar surface area (TPSA) is 70.1 Å². The lowest BCUT2D eigenvalue weighted by atomic mass is 9.77. The van der Waals surface area contributed by atoms with Gasteiger partial charge in [-0.1, -0.05) is 17.7 Å². The third-order valence-electron chi connectivity index (χ3n) is 6.08. The van der Waals surface area contributed by atoms with Crippen LogP contribution in [0.1, 0.15) is 30.4 Å². The van der Waals surface area contributed by atoms with Crippen molar-refractivity contribution >= 4 is 11.9 Å². The van der Waals surface area contributed by atoms with Crippen LogP contribution in [0.15, 0.2) is 18.2 Å². The van der Waals surface area contributed by atoms with Crippen molar-refractivity contribution in [1.82, 2.24) is 9.80 Å². The molecule has 1 unspecified atom stereocenters. The van der Waals surface area contributed by atoms with Crippen molar-refractivity contribution in [2.24, 2.45) is 5.92 Å². The van der Waals surface area contributed by atoms with Gasteiger partial charge in [-0.05, 0) is 38.3 Å². The summed E-state index contributed by atoms with van der Waals surface area (Å²) in [5, 5.41) is 9.53. The second kappa shape index (κ2) is 7.27. The lowest BCUT2D eigenvalue weighted by Crippen LogP contribution is -2.56. The Kier molecular flexibility index (Phi) is 5.23. The van der Waals surface area contributed by atoms with Crippen LogP contribution in [0, 0.1) is 19.8 Å². The Morgan fingerprint density at radius 1 is 1.31 bits per heavy atom. The normalized spacial score (nSPS) is 22.8. The minimum absolute atomic E-state index is 0.0518. The van der Waals surface area contributed by atoms with Gasteiger partial charge < -0.3 is 14.7 Å². The van der Waals surface area contributed by atoms with Crippen LogP contribution in [0.5, 0.6) is 5.75 Å². The Bertz CT molecular complexity index is 695. The van der Waals surface area contributed by atoms with E-state index in [1.807, 2.05) is 19.1 Å². The van der Waals surface area contributed by atoms with Crippen molar-refractivity contribution in [2.45, 2.75) is 38.6 Å². The van der Waals surface area contributed by atoms with Crippen LogP contribution in [0.4, 0.5) is 0 Å². The summed E-state index contributed by atoms with van der Waals surface area (Å²) in [6.45, 7) is 7.10. The van der Waals surface area contributed by atoms with Crippen LogP contribution in [0.2, 0.25) is 0 Å². The van der Waals surface area contributed by atoms with Gasteiger partial charge in [0, 0.05) is 33.1 Å². The zero-order chi connectivity index (χ0) is 18.9. The van der Waals surface area contributed by atoms with E-state index in [9.17, 15) is 14.7 Å². The second-order valence-electron chi connectivity index (χ2n) is 7.61. The van der Waals surface area contributed by atoms with E-state index >= 15 is 0 Å². The molecule has 6 nitrogen and oxygen atoms in total. The molecule has 0 saturated carbocycles. The van der Waals surface area contributed by atoms with E-state index in [-0.39, 0.29) is 12.3 Å². The molecule has 0 aliphatic carbocycles. The molecular weight excluding hydrogens is 332 g/mol. The van der Waals surface area contributed by atoms with Gasteiger partial charge in [-0.3, -0.25) is 14.5 Å². The lowest BCUT2D eigenvalue weighted by Gasteiger charge is -2.45. The van der Waals surface area contributed by atoms with Crippen LogP contribution >= 0.6 is 0 Å². The first-order chi connectivity index (χ1) is 12.3. The number of nitrogens with zero attached hydrogens (tertiary/aromatic N) is 2. The number of carbonyl (C=O) groups excluding carboxylic acids is 1. The molecule has 1 amide bonds. The third-order valence-corrected chi connectivity index (χ3v) is 6.08. The molecule has 6 heteroatoms. The van der Waals surface area contributed by atoms with E-state index in [0.717, 1.165) is 30.9 Å². The maximum Gasteiger partial charge on any atom is 0.309 e. The second-order valence-corrected chi connectivity index (χ2v) is 7.61. The fraction of sp³-hybridized carbons (Fsp3) is 0.600. The summed E-state index contributed by atoms with van der Waals surface area (Å²) in [6, 6.07) is 6.16. The summed E-state index contributed by atoms with van der Waals surface area (Å²) in [4.78, 5) is 27.7. The predicted octanol–water partition coefficient (Wildman–Crippen LogP) is 2.08. The Hall–Kier alpha value is -2.08. The first kappa shape index (κ1) is 18.7. The third kappa shape index (κ3) is 3.43. The average molecular weight is 360 g/mol. The molecule has 1 aromatic carbocycles. The van der Waals surface area contributed by atoms with Crippen molar-refractivity contribution in [2.75, 3.05) is 33.3 Å². The van der Waals surface area contributed by atoms with Crippen LogP contribution in [-0.4, -0.2) is 65.6 Å². The number of rotatable bonds is 5. The zero-order valence-electron chi connectivity index (χ0n) is 15.8. The highest BCUT2D eigenvalue weighted by Crippen LogP contribution is 2.42. The molecule has 3 rings (SSSR count). The van der Waals surface area contributed by atoms with Gasteiger partial charge >= 0.3 is 5.97 Å². The minimum Gasteiger partial charge on any atom is -0.492 e. The van der Waals surface area contributed by atoms with Crippen molar-refractivity contribution < 1.29 is 19.4 Å². The molecule has 1 N–H and O–H groups in total. The largest absolute Gasteiger partial charge is 0.492 e. The molecule has 2 saturated heterocycles. The number of amides is 1. The number of ether oxygens (including phenoxy) is 1. The number of carboxylic acid groups (broad SMARTS) is 1. The molecule has 1 aromatic rings. The number of carboxylic acids is 1. The average Bonchev–Trinajstić information content (AvgIpc) is 2.84. The highest BCUT2D eigenvalue weighted by Gasteiger charge is 2.55. The van der Waals surface area contributed by atoms with E-state index in [2.05, 4.69) is 17.9 Å². The number of hydrogen-bond donors (Lipinski definition) is 1. The van der Waals surface area contributed by atoms with E-state index in [1.54, 1.807) is 11.9 Å². The first-order valence-corrected chi connectivity index (χ1v) is 9.25. The number of benzene rings is 1. The van der Waals surface area contributed by atoms with Crippen LogP contribution in [0.25, 0.3) is 0 Å². The van der Waals surface area contributed by atoms with E-state index < -0.39 is 17.4 Å². The molecule has 1 atom stereocenters. The van der Waals surface area contributed by atoms with Gasteiger partial charge in [0.25, 0.3) is 0 Å². The molecule has 26 heavy (non-hydrogen) atoms. The van der Waals surface area contributed by atoms with Crippen LogP contribution in [-0.2, 0) is 9.59 Å². The lowest BCUT2D eigenvalue weighted by molar-refractivity contribution is -0.146. The zero-order valence-corrected chi connectivity index (χ0v) is 15.8. The predicted molar refractivity (Wildman–Crippen MR) is 98.3 cm³/mol. The molecular formula is C20H28N2O4. The van der Waals surface area contributed by atoms with Crippen LogP contribution in [0.3, 0.4) is 0 Å². The summed E-state index contributed by atoms with van der Waals surface area (Å²) < 4.78 is 5.91. The molecule has 2 aliphatic rings. The number of carbonyl (C=O) groups is 2. The van der Waals surface area contributed by atoms with Crippen molar-refractivity contribution in [3.63, 3.8) is 0 Å². The van der Waals surface area contributed by atoms with Crippen LogP contribution < -0.4 is 4.74 Å². The van der Waals surface area contributed by atoms with E-state index in [0.29, 0.717) is 19.4 Å².